The Morgan fingerprint density at radius 1 is 1.78 bits per heavy atom. The van der Waals surface area contributed by atoms with Crippen molar-refractivity contribution >= 4 is 5.97 Å². The molecule has 3 nitrogen and oxygen atoms in total. The van der Waals surface area contributed by atoms with Crippen molar-refractivity contribution in [1.82, 2.24) is 0 Å². The number of hydrogen-bond acceptors (Lipinski definition) is 2. The van der Waals surface area contributed by atoms with Crippen LogP contribution in [-0.4, -0.2) is 22.8 Å². The minimum Gasteiger partial charge on any atom is -0.480 e. The van der Waals surface area contributed by atoms with Crippen LogP contribution in [0.1, 0.15) is 13.8 Å². The van der Waals surface area contributed by atoms with Crippen LogP contribution in [0.2, 0.25) is 0 Å². The monoisotopic (exact) mass is 135 g/mol. The molecule has 3 N–H and O–H groups in total. The summed E-state index contributed by atoms with van der Waals surface area (Å²) in [5.74, 6) is -1.32. The molecule has 0 bridgehead atoms. The first-order chi connectivity index (χ1) is 3.85. The highest BCUT2D eigenvalue weighted by Gasteiger charge is 2.31. The van der Waals surface area contributed by atoms with Gasteiger partial charge < -0.3 is 10.8 Å². The molecule has 0 radical (unpaired) electrons. The maximum absolute atomic E-state index is 12.5. The van der Waals surface area contributed by atoms with Crippen molar-refractivity contribution in [1.29, 1.82) is 0 Å². The van der Waals surface area contributed by atoms with Crippen molar-refractivity contribution in [2.24, 2.45) is 5.73 Å². The van der Waals surface area contributed by atoms with Crippen molar-refractivity contribution in [3.05, 3.63) is 0 Å². The maximum atomic E-state index is 12.5. The van der Waals surface area contributed by atoms with E-state index in [0.717, 1.165) is 13.8 Å². The van der Waals surface area contributed by atoms with Gasteiger partial charge in [-0.05, 0) is 13.8 Å². The number of nitrogens with two attached hydrogens (primary N) is 1. The van der Waals surface area contributed by atoms with Gasteiger partial charge in [0.05, 0.1) is 0 Å². The highest BCUT2D eigenvalue weighted by Crippen LogP contribution is 2.11. The first-order valence-corrected chi connectivity index (χ1v) is 2.53. The molecule has 0 saturated carbocycles. The molecule has 1 atom stereocenters. The highest BCUT2D eigenvalue weighted by molar-refractivity contribution is 5.74. The molecular weight excluding hydrogens is 125 g/mol. The van der Waals surface area contributed by atoms with Crippen molar-refractivity contribution < 1.29 is 14.3 Å². The van der Waals surface area contributed by atoms with Gasteiger partial charge in [0.25, 0.3) is 0 Å². The summed E-state index contributed by atoms with van der Waals surface area (Å²) in [6.45, 7) is 2.26. The van der Waals surface area contributed by atoms with Crippen LogP contribution in [0.4, 0.5) is 4.39 Å². The number of carboxylic acid groups (broad SMARTS) is 1. The SMILES string of the molecule is CC(C)(F)[C@@H](N)C(=O)O. The summed E-state index contributed by atoms with van der Waals surface area (Å²) in [6.07, 6.45) is 0. The molecule has 0 fully saturated rings. The van der Waals surface area contributed by atoms with Crippen LogP contribution in [0.5, 0.6) is 0 Å². The van der Waals surface area contributed by atoms with Gasteiger partial charge in [0, 0.05) is 0 Å². The molecule has 0 aromatic heterocycles. The summed E-state index contributed by atoms with van der Waals surface area (Å²) >= 11 is 0. The van der Waals surface area contributed by atoms with Crippen molar-refractivity contribution in [3.63, 3.8) is 0 Å². The second-order valence-electron chi connectivity index (χ2n) is 2.38. The lowest BCUT2D eigenvalue weighted by Gasteiger charge is -2.17. The van der Waals surface area contributed by atoms with E-state index in [9.17, 15) is 9.18 Å². The third kappa shape index (κ3) is 2.41. The maximum Gasteiger partial charge on any atom is 0.323 e. The molecular formula is C5H10FNO2. The lowest BCUT2D eigenvalue weighted by Crippen LogP contribution is -2.45. The fourth-order valence-electron chi connectivity index (χ4n) is 0.294. The molecule has 0 unspecified atom stereocenters. The minimum absolute atomic E-state index is 1.13. The van der Waals surface area contributed by atoms with E-state index in [1.165, 1.54) is 0 Å². The van der Waals surface area contributed by atoms with Crippen LogP contribution in [0, 0.1) is 0 Å². The topological polar surface area (TPSA) is 63.3 Å². The van der Waals surface area contributed by atoms with E-state index < -0.39 is 17.7 Å². The molecule has 4 heteroatoms. The van der Waals surface area contributed by atoms with Gasteiger partial charge >= 0.3 is 5.97 Å². The van der Waals surface area contributed by atoms with Crippen LogP contribution in [0.3, 0.4) is 0 Å². The van der Waals surface area contributed by atoms with Gasteiger partial charge in [0.1, 0.15) is 11.7 Å². The van der Waals surface area contributed by atoms with Gasteiger partial charge in [-0.2, -0.15) is 0 Å². The van der Waals surface area contributed by atoms with E-state index in [1.54, 1.807) is 0 Å². The molecule has 0 heterocycles. The number of carboxylic acids is 1. The Bertz CT molecular complexity index is 119. The standard InChI is InChI=1S/C5H10FNO2/c1-5(2,6)3(7)4(8)9/h3H,7H2,1-2H3,(H,8,9)/t3-/m0/s1. The number of halogens is 1. The zero-order valence-corrected chi connectivity index (χ0v) is 5.39. The zero-order chi connectivity index (χ0) is 7.65. The average Bonchev–Trinajstić information content (AvgIpc) is 1.62. The molecule has 0 aromatic carbocycles. The van der Waals surface area contributed by atoms with Gasteiger partial charge in [0.15, 0.2) is 0 Å². The van der Waals surface area contributed by atoms with E-state index in [4.69, 9.17) is 10.8 Å². The first-order valence-electron chi connectivity index (χ1n) is 2.53. The predicted molar refractivity (Wildman–Crippen MR) is 30.8 cm³/mol. The van der Waals surface area contributed by atoms with E-state index in [0.29, 0.717) is 0 Å². The van der Waals surface area contributed by atoms with Crippen LogP contribution in [0.25, 0.3) is 0 Å². The van der Waals surface area contributed by atoms with Crippen LogP contribution in [-0.2, 0) is 4.79 Å². The lowest BCUT2D eigenvalue weighted by molar-refractivity contribution is -0.141. The number of aliphatic carboxylic acids is 1. The van der Waals surface area contributed by atoms with E-state index in [2.05, 4.69) is 0 Å². The summed E-state index contributed by atoms with van der Waals surface area (Å²) in [7, 11) is 0. The Morgan fingerprint density at radius 2 is 2.11 bits per heavy atom. The lowest BCUT2D eigenvalue weighted by atomic mass is 10.0. The molecule has 0 saturated heterocycles. The number of alkyl halides is 1. The largest absolute Gasteiger partial charge is 0.480 e. The van der Waals surface area contributed by atoms with E-state index >= 15 is 0 Å². The Hall–Kier alpha value is -0.640. The van der Waals surface area contributed by atoms with Crippen LogP contribution >= 0.6 is 0 Å². The van der Waals surface area contributed by atoms with Gasteiger partial charge in [-0.25, -0.2) is 4.39 Å². The van der Waals surface area contributed by atoms with E-state index in [1.807, 2.05) is 0 Å². The second kappa shape index (κ2) is 2.31. The van der Waals surface area contributed by atoms with Crippen LogP contribution in [0.15, 0.2) is 0 Å². The van der Waals surface area contributed by atoms with Gasteiger partial charge in [-0.3, -0.25) is 4.79 Å². The fraction of sp³-hybridized carbons (Fsp3) is 0.800. The third-order valence-electron chi connectivity index (χ3n) is 1.01. The Morgan fingerprint density at radius 3 is 2.11 bits per heavy atom. The quantitative estimate of drug-likeness (QED) is 0.566. The normalized spacial score (nSPS) is 15.1. The number of carbonyl (C=O) groups is 1. The minimum atomic E-state index is -1.84. The number of hydrogen-bond donors (Lipinski definition) is 2. The Labute approximate surface area is 52.7 Å². The van der Waals surface area contributed by atoms with Crippen molar-refractivity contribution in [3.8, 4) is 0 Å². The molecule has 0 rings (SSSR count). The number of rotatable bonds is 2. The molecule has 0 aliphatic rings. The average molecular weight is 135 g/mol. The predicted octanol–water partition coefficient (Wildman–Crippen LogP) is 0.146. The fourth-order valence-corrected chi connectivity index (χ4v) is 0.294. The summed E-state index contributed by atoms with van der Waals surface area (Å²) in [5.41, 5.74) is 3.08. The zero-order valence-electron chi connectivity index (χ0n) is 5.39. The van der Waals surface area contributed by atoms with Gasteiger partial charge in [-0.15, -0.1) is 0 Å². The Balaban J connectivity index is 4.04. The summed E-state index contributed by atoms with van der Waals surface area (Å²) in [5, 5.41) is 8.15. The molecule has 0 aliphatic heterocycles. The van der Waals surface area contributed by atoms with Crippen molar-refractivity contribution in [2.45, 2.75) is 25.6 Å². The third-order valence-corrected chi connectivity index (χ3v) is 1.01. The van der Waals surface area contributed by atoms with E-state index in [-0.39, 0.29) is 0 Å². The molecule has 0 amide bonds. The molecule has 9 heavy (non-hydrogen) atoms. The second-order valence-corrected chi connectivity index (χ2v) is 2.38. The smallest absolute Gasteiger partial charge is 0.323 e. The summed E-state index contributed by atoms with van der Waals surface area (Å²) in [4.78, 5) is 9.98. The summed E-state index contributed by atoms with van der Waals surface area (Å²) in [6, 6.07) is -1.43. The first kappa shape index (κ1) is 8.36. The molecule has 0 spiro atoms. The molecule has 0 aromatic rings. The van der Waals surface area contributed by atoms with Gasteiger partial charge in [0.2, 0.25) is 0 Å². The van der Waals surface area contributed by atoms with Crippen LogP contribution < -0.4 is 5.73 Å². The molecule has 54 valence electrons. The highest BCUT2D eigenvalue weighted by atomic mass is 19.1. The molecule has 0 aliphatic carbocycles. The Kier molecular flexibility index (Phi) is 2.14. The van der Waals surface area contributed by atoms with Gasteiger partial charge in [-0.1, -0.05) is 0 Å². The summed E-state index contributed by atoms with van der Waals surface area (Å²) < 4.78 is 12.5. The van der Waals surface area contributed by atoms with Crippen molar-refractivity contribution in [2.75, 3.05) is 0 Å².